The zero-order valence-corrected chi connectivity index (χ0v) is 11.0. The van der Waals surface area contributed by atoms with Crippen LogP contribution in [0.5, 0.6) is 0 Å². The molecule has 20 heavy (non-hydrogen) atoms. The summed E-state index contributed by atoms with van der Waals surface area (Å²) in [5.41, 5.74) is 8.83. The van der Waals surface area contributed by atoms with E-state index in [9.17, 15) is 13.6 Å². The van der Waals surface area contributed by atoms with E-state index in [0.29, 0.717) is 18.5 Å². The van der Waals surface area contributed by atoms with Crippen molar-refractivity contribution in [3.63, 3.8) is 0 Å². The van der Waals surface area contributed by atoms with E-state index < -0.39 is 11.6 Å². The molecule has 1 aliphatic heterocycles. The van der Waals surface area contributed by atoms with Crippen LogP contribution in [0.3, 0.4) is 0 Å². The lowest BCUT2D eigenvalue weighted by Gasteiger charge is -2.25. The lowest BCUT2D eigenvalue weighted by Crippen LogP contribution is -2.28. The van der Waals surface area contributed by atoms with Gasteiger partial charge in [0.25, 0.3) is 0 Å². The van der Waals surface area contributed by atoms with Crippen molar-refractivity contribution in [2.75, 3.05) is 13.1 Å². The summed E-state index contributed by atoms with van der Waals surface area (Å²) in [4.78, 5) is 16.2. The van der Waals surface area contributed by atoms with Crippen LogP contribution < -0.4 is 0 Å². The number of benzene rings is 1. The first-order valence-corrected chi connectivity index (χ1v) is 6.28. The highest BCUT2D eigenvalue weighted by atomic mass is 19.2. The van der Waals surface area contributed by atoms with E-state index in [-0.39, 0.29) is 24.4 Å². The number of azide groups is 1. The van der Waals surface area contributed by atoms with Crippen molar-refractivity contribution in [3.05, 3.63) is 45.8 Å². The number of amides is 1. The maximum absolute atomic E-state index is 13.2. The Morgan fingerprint density at radius 3 is 2.90 bits per heavy atom. The summed E-state index contributed by atoms with van der Waals surface area (Å²) in [6, 6.07) is 3.29. The molecule has 1 aromatic rings. The molecule has 2 atom stereocenters. The molecular formula is C13H14F2N4O. The highest BCUT2D eigenvalue weighted by Gasteiger charge is 2.32. The molecule has 7 heteroatoms. The van der Waals surface area contributed by atoms with E-state index in [1.807, 2.05) is 0 Å². The summed E-state index contributed by atoms with van der Waals surface area (Å²) in [6.07, 6.45) is 0.313. The molecule has 0 radical (unpaired) electrons. The molecule has 0 saturated carbocycles. The van der Waals surface area contributed by atoms with Crippen LogP contribution in [0, 0.1) is 17.6 Å². The van der Waals surface area contributed by atoms with Gasteiger partial charge in [0.1, 0.15) is 0 Å². The van der Waals surface area contributed by atoms with Crippen LogP contribution in [0.15, 0.2) is 23.3 Å². The molecule has 1 saturated heterocycles. The summed E-state index contributed by atoms with van der Waals surface area (Å²) >= 11 is 0. The summed E-state index contributed by atoms with van der Waals surface area (Å²) in [6.45, 7) is 2.49. The van der Waals surface area contributed by atoms with Gasteiger partial charge in [-0.2, -0.15) is 0 Å². The molecule has 106 valence electrons. The fraction of sp³-hybridized carbons (Fsp3) is 0.462. The van der Waals surface area contributed by atoms with Crippen LogP contribution >= 0.6 is 0 Å². The predicted octanol–water partition coefficient (Wildman–Crippen LogP) is 3.18. The van der Waals surface area contributed by atoms with Crippen molar-refractivity contribution in [2.24, 2.45) is 11.0 Å². The van der Waals surface area contributed by atoms with Gasteiger partial charge in [-0.3, -0.25) is 4.79 Å². The minimum absolute atomic E-state index is 0.0221. The quantitative estimate of drug-likeness (QED) is 0.474. The molecule has 0 aromatic heterocycles. The molecule has 0 aliphatic carbocycles. The minimum atomic E-state index is -0.924. The molecule has 2 unspecified atom stereocenters. The van der Waals surface area contributed by atoms with Crippen molar-refractivity contribution in [3.8, 4) is 0 Å². The number of likely N-dealkylation sites (tertiary alicyclic amines) is 1. The van der Waals surface area contributed by atoms with E-state index in [0.717, 1.165) is 12.1 Å². The topological polar surface area (TPSA) is 69.1 Å². The Balaban J connectivity index is 2.12. The highest BCUT2D eigenvalue weighted by Crippen LogP contribution is 2.29. The first-order valence-electron chi connectivity index (χ1n) is 6.28. The van der Waals surface area contributed by atoms with Crippen LogP contribution in [0.2, 0.25) is 0 Å². The van der Waals surface area contributed by atoms with Crippen molar-refractivity contribution in [2.45, 2.75) is 19.4 Å². The summed E-state index contributed by atoms with van der Waals surface area (Å²) in [5, 5.41) is 3.47. The van der Waals surface area contributed by atoms with E-state index >= 15 is 0 Å². The average Bonchev–Trinajstić information content (AvgIpc) is 2.80. The lowest BCUT2D eigenvalue weighted by atomic mass is 10.1. The fourth-order valence-corrected chi connectivity index (χ4v) is 2.41. The third-order valence-corrected chi connectivity index (χ3v) is 3.54. The van der Waals surface area contributed by atoms with Gasteiger partial charge in [-0.25, -0.2) is 8.78 Å². The number of carbonyl (C=O) groups excluding carboxylic acids is 1. The molecule has 0 N–H and O–H groups in total. The Morgan fingerprint density at radius 2 is 2.25 bits per heavy atom. The first-order chi connectivity index (χ1) is 9.52. The van der Waals surface area contributed by atoms with Gasteiger partial charge in [0.05, 0.1) is 6.04 Å². The van der Waals surface area contributed by atoms with Gasteiger partial charge < -0.3 is 4.90 Å². The van der Waals surface area contributed by atoms with Gasteiger partial charge in [-0.1, -0.05) is 11.2 Å². The number of hydrogen-bond donors (Lipinski definition) is 0. The van der Waals surface area contributed by atoms with Gasteiger partial charge in [0.2, 0.25) is 5.91 Å². The lowest BCUT2D eigenvalue weighted by molar-refractivity contribution is -0.129. The van der Waals surface area contributed by atoms with E-state index in [1.54, 1.807) is 11.8 Å². The molecule has 5 nitrogen and oxygen atoms in total. The fourth-order valence-electron chi connectivity index (χ4n) is 2.41. The van der Waals surface area contributed by atoms with Gasteiger partial charge in [0, 0.05) is 24.4 Å². The third-order valence-electron chi connectivity index (χ3n) is 3.54. The number of halogens is 2. The average molecular weight is 280 g/mol. The largest absolute Gasteiger partial charge is 0.336 e. The molecule has 1 aliphatic rings. The number of nitrogens with zero attached hydrogens (tertiary/aromatic N) is 4. The van der Waals surface area contributed by atoms with Crippen molar-refractivity contribution in [1.82, 2.24) is 4.90 Å². The zero-order chi connectivity index (χ0) is 14.7. The van der Waals surface area contributed by atoms with Crippen LogP contribution in [-0.4, -0.2) is 23.9 Å². The van der Waals surface area contributed by atoms with Crippen LogP contribution in [0.4, 0.5) is 8.78 Å². The second kappa shape index (κ2) is 5.88. The first kappa shape index (κ1) is 14.3. The number of carbonyl (C=O) groups is 1. The standard InChI is InChI=1S/C13H14F2N4O/c1-8(10-2-3-11(14)12(15)5-10)19-7-9(4-13(19)20)6-17-18-16/h2-3,5,8-9H,4,6-7H2,1H3. The predicted molar refractivity (Wildman–Crippen MR) is 68.6 cm³/mol. The molecule has 1 fully saturated rings. The van der Waals surface area contributed by atoms with Gasteiger partial charge in [-0.15, -0.1) is 0 Å². The van der Waals surface area contributed by atoms with E-state index in [2.05, 4.69) is 10.0 Å². The third kappa shape index (κ3) is 2.88. The van der Waals surface area contributed by atoms with Gasteiger partial charge in [0.15, 0.2) is 11.6 Å². The van der Waals surface area contributed by atoms with Crippen LogP contribution in [-0.2, 0) is 4.79 Å². The highest BCUT2D eigenvalue weighted by molar-refractivity contribution is 5.79. The maximum atomic E-state index is 13.2. The zero-order valence-electron chi connectivity index (χ0n) is 11.0. The second-order valence-electron chi connectivity index (χ2n) is 4.88. The molecule has 0 bridgehead atoms. The van der Waals surface area contributed by atoms with Crippen molar-refractivity contribution >= 4 is 5.91 Å². The Kier molecular flexibility index (Phi) is 4.20. The van der Waals surface area contributed by atoms with Crippen molar-refractivity contribution < 1.29 is 13.6 Å². The summed E-state index contributed by atoms with van der Waals surface area (Å²) in [5.74, 6) is -1.92. The summed E-state index contributed by atoms with van der Waals surface area (Å²) < 4.78 is 26.1. The molecule has 2 rings (SSSR count). The summed E-state index contributed by atoms with van der Waals surface area (Å²) in [7, 11) is 0. The Bertz CT molecular complexity index is 571. The van der Waals surface area contributed by atoms with E-state index in [1.165, 1.54) is 6.07 Å². The smallest absolute Gasteiger partial charge is 0.223 e. The Hall–Kier alpha value is -2.14. The normalized spacial score (nSPS) is 19.9. The van der Waals surface area contributed by atoms with E-state index in [4.69, 9.17) is 5.53 Å². The van der Waals surface area contributed by atoms with Crippen LogP contribution in [0.25, 0.3) is 10.4 Å². The Morgan fingerprint density at radius 1 is 1.50 bits per heavy atom. The molecule has 1 aromatic carbocycles. The Labute approximate surface area is 114 Å². The SMILES string of the molecule is CC(c1ccc(F)c(F)c1)N1CC(CN=[N+]=[N-])CC1=O. The second-order valence-corrected chi connectivity index (χ2v) is 4.88. The monoisotopic (exact) mass is 280 g/mol. The molecule has 1 amide bonds. The van der Waals surface area contributed by atoms with Gasteiger partial charge in [-0.05, 0) is 36.1 Å². The van der Waals surface area contributed by atoms with Gasteiger partial charge >= 0.3 is 0 Å². The molecular weight excluding hydrogens is 266 g/mol. The molecule has 1 heterocycles. The number of rotatable bonds is 4. The number of hydrogen-bond acceptors (Lipinski definition) is 2. The van der Waals surface area contributed by atoms with Crippen molar-refractivity contribution in [1.29, 1.82) is 0 Å². The minimum Gasteiger partial charge on any atom is -0.336 e. The maximum Gasteiger partial charge on any atom is 0.223 e. The molecule has 0 spiro atoms. The van der Waals surface area contributed by atoms with Crippen LogP contribution in [0.1, 0.15) is 24.9 Å².